The smallest absolute Gasteiger partial charge is 0.406 e. The third-order valence-corrected chi connectivity index (χ3v) is 3.06. The molecule has 0 heterocycles. The number of allylic oxidation sites excluding steroid dienone is 1. The quantitative estimate of drug-likeness (QED) is 0.576. The van der Waals surface area contributed by atoms with Crippen molar-refractivity contribution >= 4 is 6.09 Å². The van der Waals surface area contributed by atoms with E-state index in [0.717, 1.165) is 0 Å². The predicted octanol–water partition coefficient (Wildman–Crippen LogP) is 3.54. The number of rotatable bonds is 7. The number of ether oxygens (including phenoxy) is 1. The van der Waals surface area contributed by atoms with Gasteiger partial charge in [0.1, 0.15) is 6.10 Å². The molecule has 0 spiro atoms. The Balaban J connectivity index is 5.16. The highest BCUT2D eigenvalue weighted by atomic mass is 19.3. The molecular formula is C14H23F2NO3. The fraction of sp³-hybridized carbons (Fsp3) is 0.643. The van der Waals surface area contributed by atoms with Crippen molar-refractivity contribution in [1.29, 1.82) is 0 Å². The zero-order valence-corrected chi connectivity index (χ0v) is 12.4. The summed E-state index contributed by atoms with van der Waals surface area (Å²) in [6.45, 7) is 10.8. The number of carbonyl (C=O) groups excluding carboxylic acids is 1. The number of aliphatic hydroxyl groups excluding tert-OH is 1. The average molecular weight is 291 g/mol. The van der Waals surface area contributed by atoms with E-state index in [4.69, 9.17) is 0 Å². The van der Waals surface area contributed by atoms with Crippen LogP contribution in [0.15, 0.2) is 24.5 Å². The molecular weight excluding hydrogens is 268 g/mol. The minimum absolute atomic E-state index is 0.299. The number of halogens is 2. The molecule has 20 heavy (non-hydrogen) atoms. The summed E-state index contributed by atoms with van der Waals surface area (Å²) in [4.78, 5) is 13.0. The van der Waals surface area contributed by atoms with Gasteiger partial charge in [-0.25, -0.2) is 4.79 Å². The van der Waals surface area contributed by atoms with Crippen molar-refractivity contribution in [3.05, 3.63) is 24.5 Å². The molecule has 0 rings (SSSR count). The highest BCUT2D eigenvalue weighted by molar-refractivity contribution is 5.68. The number of aliphatic hydroxyl groups is 1. The summed E-state index contributed by atoms with van der Waals surface area (Å²) in [5.74, 6) is -0.992. The lowest BCUT2D eigenvalue weighted by atomic mass is 9.82. The van der Waals surface area contributed by atoms with Crippen LogP contribution >= 0.6 is 0 Å². The Bertz CT molecular complexity index is 373. The Kier molecular flexibility index (Phi) is 7.42. The molecule has 0 fully saturated rings. The molecule has 1 unspecified atom stereocenters. The van der Waals surface area contributed by atoms with Gasteiger partial charge in [0, 0.05) is 18.5 Å². The van der Waals surface area contributed by atoms with Crippen LogP contribution in [0.4, 0.5) is 13.6 Å². The monoisotopic (exact) mass is 291 g/mol. The minimum Gasteiger partial charge on any atom is -0.406 e. The van der Waals surface area contributed by atoms with Crippen molar-refractivity contribution in [1.82, 2.24) is 4.90 Å². The highest BCUT2D eigenvalue weighted by Crippen LogP contribution is 2.32. The lowest BCUT2D eigenvalue weighted by molar-refractivity contribution is 0.0235. The van der Waals surface area contributed by atoms with Crippen molar-refractivity contribution in [3.63, 3.8) is 0 Å². The van der Waals surface area contributed by atoms with Gasteiger partial charge in [0.05, 0.1) is 0 Å². The third-order valence-electron chi connectivity index (χ3n) is 3.06. The van der Waals surface area contributed by atoms with Crippen LogP contribution in [-0.2, 0) is 4.74 Å². The average Bonchev–Trinajstić information content (AvgIpc) is 2.36. The van der Waals surface area contributed by atoms with Crippen LogP contribution in [0.5, 0.6) is 0 Å². The van der Waals surface area contributed by atoms with Gasteiger partial charge >= 0.3 is 12.2 Å². The van der Waals surface area contributed by atoms with Gasteiger partial charge in [0.25, 0.3) is 0 Å². The first kappa shape index (κ1) is 18.6. The molecule has 0 saturated carbocycles. The fourth-order valence-electron chi connectivity index (χ4n) is 1.68. The zero-order chi connectivity index (χ0) is 15.9. The number of amides is 1. The van der Waals surface area contributed by atoms with Gasteiger partial charge in [0.2, 0.25) is 5.76 Å². The van der Waals surface area contributed by atoms with Crippen LogP contribution in [0.1, 0.15) is 34.1 Å². The first-order valence-electron chi connectivity index (χ1n) is 6.52. The summed E-state index contributed by atoms with van der Waals surface area (Å²) in [7, 11) is 0. The summed E-state index contributed by atoms with van der Waals surface area (Å²) in [5.41, 5.74) is -0.913. The molecule has 0 aliphatic rings. The van der Waals surface area contributed by atoms with E-state index in [1.165, 1.54) is 11.0 Å². The number of hydrogen-bond donors (Lipinski definition) is 1. The SMILES string of the molecule is C=CCC(C)(C)C(O)C(OC(=O)N(CC)CC)=C(F)F. The van der Waals surface area contributed by atoms with E-state index in [-0.39, 0.29) is 0 Å². The summed E-state index contributed by atoms with van der Waals surface area (Å²) >= 11 is 0. The molecule has 0 aromatic carbocycles. The summed E-state index contributed by atoms with van der Waals surface area (Å²) in [6.07, 6.45) is -2.87. The summed E-state index contributed by atoms with van der Waals surface area (Å²) < 4.78 is 30.6. The van der Waals surface area contributed by atoms with Crippen molar-refractivity contribution in [2.24, 2.45) is 5.41 Å². The first-order valence-corrected chi connectivity index (χ1v) is 6.52. The van der Waals surface area contributed by atoms with Crippen LogP contribution in [-0.4, -0.2) is 35.3 Å². The Hall–Kier alpha value is -1.43. The normalized spacial score (nSPS) is 12.6. The molecule has 0 radical (unpaired) electrons. The second-order valence-electron chi connectivity index (χ2n) is 5.05. The fourth-order valence-corrected chi connectivity index (χ4v) is 1.68. The maximum absolute atomic E-state index is 13.0. The maximum Gasteiger partial charge on any atom is 0.415 e. The lowest BCUT2D eigenvalue weighted by Crippen LogP contribution is -2.36. The van der Waals surface area contributed by atoms with Crippen LogP contribution < -0.4 is 0 Å². The lowest BCUT2D eigenvalue weighted by Gasteiger charge is -2.30. The molecule has 116 valence electrons. The topological polar surface area (TPSA) is 49.8 Å². The molecule has 6 heteroatoms. The van der Waals surface area contributed by atoms with Gasteiger partial charge in [-0.3, -0.25) is 0 Å². The second-order valence-corrected chi connectivity index (χ2v) is 5.05. The molecule has 1 amide bonds. The van der Waals surface area contributed by atoms with Crippen molar-refractivity contribution in [3.8, 4) is 0 Å². The maximum atomic E-state index is 13.0. The Morgan fingerprint density at radius 2 is 1.90 bits per heavy atom. The van der Waals surface area contributed by atoms with Crippen molar-refractivity contribution in [2.45, 2.75) is 40.2 Å². The van der Waals surface area contributed by atoms with Crippen molar-refractivity contribution < 1.29 is 23.4 Å². The molecule has 0 saturated heterocycles. The standard InChI is InChI=1S/C14H23F2NO3/c1-6-9-14(4,5)11(18)10(12(15)16)20-13(19)17(7-2)8-3/h6,11,18H,1,7-9H2,2-5H3. The van der Waals surface area contributed by atoms with E-state index in [1.54, 1.807) is 27.7 Å². The summed E-state index contributed by atoms with van der Waals surface area (Å²) in [5, 5.41) is 10.0. The molecule has 0 aromatic heterocycles. The molecule has 0 aliphatic heterocycles. The molecule has 1 N–H and O–H groups in total. The van der Waals surface area contributed by atoms with Gasteiger partial charge < -0.3 is 14.7 Å². The highest BCUT2D eigenvalue weighted by Gasteiger charge is 2.35. The van der Waals surface area contributed by atoms with E-state index < -0.39 is 29.5 Å². The van der Waals surface area contributed by atoms with Crippen LogP contribution in [0.25, 0.3) is 0 Å². The minimum atomic E-state index is -2.20. The van der Waals surface area contributed by atoms with Gasteiger partial charge in [-0.2, -0.15) is 8.78 Å². The first-order chi connectivity index (χ1) is 9.21. The van der Waals surface area contributed by atoms with E-state index in [9.17, 15) is 18.7 Å². The van der Waals surface area contributed by atoms with Crippen LogP contribution in [0.3, 0.4) is 0 Å². The molecule has 0 aromatic rings. The van der Waals surface area contributed by atoms with E-state index >= 15 is 0 Å². The van der Waals surface area contributed by atoms with Crippen molar-refractivity contribution in [2.75, 3.05) is 13.1 Å². The Labute approximate surface area is 118 Å². The number of nitrogens with zero attached hydrogens (tertiary/aromatic N) is 1. The second kappa shape index (κ2) is 7.99. The van der Waals surface area contributed by atoms with Gasteiger partial charge in [-0.1, -0.05) is 19.9 Å². The zero-order valence-electron chi connectivity index (χ0n) is 12.4. The molecule has 4 nitrogen and oxygen atoms in total. The Morgan fingerprint density at radius 1 is 1.40 bits per heavy atom. The largest absolute Gasteiger partial charge is 0.415 e. The predicted molar refractivity (Wildman–Crippen MR) is 73.2 cm³/mol. The number of carbonyl (C=O) groups is 1. The molecule has 1 atom stereocenters. The molecule has 0 aliphatic carbocycles. The van der Waals surface area contributed by atoms with E-state index in [2.05, 4.69) is 11.3 Å². The number of hydrogen-bond acceptors (Lipinski definition) is 3. The van der Waals surface area contributed by atoms with Crippen LogP contribution in [0.2, 0.25) is 0 Å². The Morgan fingerprint density at radius 3 is 2.25 bits per heavy atom. The molecule has 0 bridgehead atoms. The van der Waals surface area contributed by atoms with Gasteiger partial charge in [-0.15, -0.1) is 6.58 Å². The van der Waals surface area contributed by atoms with Gasteiger partial charge in [-0.05, 0) is 20.3 Å². The van der Waals surface area contributed by atoms with E-state index in [1.807, 2.05) is 0 Å². The van der Waals surface area contributed by atoms with E-state index in [0.29, 0.717) is 19.5 Å². The van der Waals surface area contributed by atoms with Crippen LogP contribution in [0, 0.1) is 5.41 Å². The third kappa shape index (κ3) is 4.92. The summed E-state index contributed by atoms with van der Waals surface area (Å²) in [6, 6.07) is 0. The van der Waals surface area contributed by atoms with Gasteiger partial charge in [0.15, 0.2) is 0 Å².